The molecule has 0 aliphatic heterocycles. The topological polar surface area (TPSA) is 38.0 Å². The van der Waals surface area contributed by atoms with Crippen LogP contribution in [0.25, 0.3) is 10.1 Å². The van der Waals surface area contributed by atoms with Gasteiger partial charge in [0.25, 0.3) is 0 Å². The van der Waals surface area contributed by atoms with E-state index in [0.717, 1.165) is 16.5 Å². The van der Waals surface area contributed by atoms with Gasteiger partial charge in [-0.3, -0.25) is 4.68 Å². The summed E-state index contributed by atoms with van der Waals surface area (Å²) >= 11 is 1.66. The average molecular weight is 244 g/mol. The normalized spacial score (nSPS) is 13.1. The van der Waals surface area contributed by atoms with E-state index in [1.54, 1.807) is 22.2 Å². The molecule has 0 aliphatic rings. The Labute approximate surface area is 103 Å². The third kappa shape index (κ3) is 1.75. The highest BCUT2D eigenvalue weighted by Gasteiger charge is 2.16. The average Bonchev–Trinajstić information content (AvgIpc) is 2.94. The number of nitrogens with zero attached hydrogens (tertiary/aromatic N) is 2. The molecule has 2 aromatic heterocycles. The first-order valence-corrected chi connectivity index (χ1v) is 6.26. The van der Waals surface area contributed by atoms with E-state index in [9.17, 15) is 5.11 Å². The lowest BCUT2D eigenvalue weighted by atomic mass is 10.0. The molecule has 86 valence electrons. The Morgan fingerprint density at radius 2 is 2.18 bits per heavy atom. The van der Waals surface area contributed by atoms with Crippen LogP contribution in [0.2, 0.25) is 0 Å². The third-order valence-corrected chi connectivity index (χ3v) is 3.83. The van der Waals surface area contributed by atoms with Crippen LogP contribution in [0.3, 0.4) is 0 Å². The summed E-state index contributed by atoms with van der Waals surface area (Å²) in [6.07, 6.45) is 2.95. The van der Waals surface area contributed by atoms with Gasteiger partial charge in [0.15, 0.2) is 0 Å². The van der Waals surface area contributed by atoms with Crippen molar-refractivity contribution in [2.24, 2.45) is 7.05 Å². The molecule has 0 saturated carbocycles. The molecule has 3 aromatic rings. The number of aliphatic hydroxyl groups excluding tert-OH is 1. The number of rotatable bonds is 2. The van der Waals surface area contributed by atoms with Gasteiger partial charge in [-0.25, -0.2) is 0 Å². The second kappa shape index (κ2) is 3.98. The highest BCUT2D eigenvalue weighted by atomic mass is 32.1. The molecule has 2 heterocycles. The van der Waals surface area contributed by atoms with Crippen molar-refractivity contribution >= 4 is 21.4 Å². The number of fused-ring (bicyclic) bond motifs is 1. The quantitative estimate of drug-likeness (QED) is 0.752. The Morgan fingerprint density at radius 1 is 1.35 bits per heavy atom. The molecule has 0 fully saturated rings. The van der Waals surface area contributed by atoms with Crippen LogP contribution in [0.1, 0.15) is 17.2 Å². The molecule has 3 rings (SSSR count). The van der Waals surface area contributed by atoms with Gasteiger partial charge in [0.2, 0.25) is 0 Å². The summed E-state index contributed by atoms with van der Waals surface area (Å²) in [6.45, 7) is 0. The van der Waals surface area contributed by atoms with Crippen LogP contribution in [-0.4, -0.2) is 14.9 Å². The number of hydrogen-bond donors (Lipinski definition) is 1. The smallest absolute Gasteiger partial charge is 0.108 e. The van der Waals surface area contributed by atoms with Gasteiger partial charge in [-0.1, -0.05) is 18.2 Å². The van der Waals surface area contributed by atoms with E-state index < -0.39 is 6.10 Å². The lowest BCUT2D eigenvalue weighted by molar-refractivity contribution is 0.222. The van der Waals surface area contributed by atoms with Crippen molar-refractivity contribution in [3.8, 4) is 0 Å². The van der Waals surface area contributed by atoms with Crippen LogP contribution in [0.4, 0.5) is 0 Å². The third-order valence-electron chi connectivity index (χ3n) is 2.85. The Hall–Kier alpha value is -1.65. The first-order valence-electron chi connectivity index (χ1n) is 5.38. The highest BCUT2D eigenvalue weighted by molar-refractivity contribution is 7.17. The summed E-state index contributed by atoms with van der Waals surface area (Å²) in [5.74, 6) is 0. The van der Waals surface area contributed by atoms with Gasteiger partial charge in [-0.2, -0.15) is 5.10 Å². The second-order valence-corrected chi connectivity index (χ2v) is 4.95. The summed E-state index contributed by atoms with van der Waals surface area (Å²) in [5.41, 5.74) is 1.79. The van der Waals surface area contributed by atoms with Crippen molar-refractivity contribution in [2.75, 3.05) is 0 Å². The Kier molecular flexibility index (Phi) is 2.46. The van der Waals surface area contributed by atoms with E-state index in [0.29, 0.717) is 0 Å². The zero-order valence-electron chi connectivity index (χ0n) is 9.37. The van der Waals surface area contributed by atoms with Crippen molar-refractivity contribution in [1.29, 1.82) is 0 Å². The van der Waals surface area contributed by atoms with E-state index in [1.165, 1.54) is 4.70 Å². The van der Waals surface area contributed by atoms with Crippen molar-refractivity contribution in [3.05, 3.63) is 53.2 Å². The minimum Gasteiger partial charge on any atom is -0.383 e. The number of benzene rings is 1. The van der Waals surface area contributed by atoms with Crippen molar-refractivity contribution in [3.63, 3.8) is 0 Å². The Morgan fingerprint density at radius 3 is 2.94 bits per heavy atom. The van der Waals surface area contributed by atoms with Crippen LogP contribution >= 0.6 is 11.3 Å². The summed E-state index contributed by atoms with van der Waals surface area (Å²) < 4.78 is 2.90. The van der Waals surface area contributed by atoms with Gasteiger partial charge in [-0.15, -0.1) is 11.3 Å². The molecule has 1 N–H and O–H groups in total. The van der Waals surface area contributed by atoms with Crippen molar-refractivity contribution in [1.82, 2.24) is 9.78 Å². The minimum absolute atomic E-state index is 0.597. The van der Waals surface area contributed by atoms with Crippen LogP contribution in [0.15, 0.2) is 42.0 Å². The molecular weight excluding hydrogens is 232 g/mol. The van der Waals surface area contributed by atoms with E-state index in [1.807, 2.05) is 36.8 Å². The predicted molar refractivity (Wildman–Crippen MR) is 69.1 cm³/mol. The lowest BCUT2D eigenvalue weighted by Gasteiger charge is -2.06. The van der Waals surface area contributed by atoms with Gasteiger partial charge < -0.3 is 5.11 Å². The first kappa shape index (κ1) is 10.5. The first-order chi connectivity index (χ1) is 8.25. The van der Waals surface area contributed by atoms with Gasteiger partial charge in [0.1, 0.15) is 6.10 Å². The van der Waals surface area contributed by atoms with Crippen LogP contribution in [0.5, 0.6) is 0 Å². The molecule has 0 radical (unpaired) electrons. The SMILES string of the molecule is Cn1cc(C(O)c2csc3ccccc23)cn1. The molecule has 3 nitrogen and oxygen atoms in total. The number of aromatic nitrogens is 2. The Bertz CT molecular complexity index is 656. The maximum absolute atomic E-state index is 10.3. The molecule has 0 amide bonds. The zero-order valence-corrected chi connectivity index (χ0v) is 10.2. The van der Waals surface area contributed by atoms with Gasteiger partial charge >= 0.3 is 0 Å². The number of hydrogen-bond acceptors (Lipinski definition) is 3. The lowest BCUT2D eigenvalue weighted by Crippen LogP contribution is -1.97. The fourth-order valence-corrected chi connectivity index (χ4v) is 2.95. The highest BCUT2D eigenvalue weighted by Crippen LogP contribution is 2.33. The summed E-state index contributed by atoms with van der Waals surface area (Å²) in [6, 6.07) is 8.12. The Balaban J connectivity index is 2.09. The van der Waals surface area contributed by atoms with Gasteiger partial charge in [-0.05, 0) is 16.8 Å². The molecule has 17 heavy (non-hydrogen) atoms. The molecule has 0 bridgehead atoms. The van der Waals surface area contributed by atoms with E-state index in [2.05, 4.69) is 11.2 Å². The van der Waals surface area contributed by atoms with Crippen LogP contribution < -0.4 is 0 Å². The maximum Gasteiger partial charge on any atom is 0.108 e. The minimum atomic E-state index is -0.597. The molecule has 1 unspecified atom stereocenters. The molecule has 0 spiro atoms. The molecule has 1 atom stereocenters. The molecule has 0 saturated heterocycles. The summed E-state index contributed by atoms with van der Waals surface area (Å²) in [7, 11) is 1.85. The fraction of sp³-hybridized carbons (Fsp3) is 0.154. The maximum atomic E-state index is 10.3. The van der Waals surface area contributed by atoms with Crippen molar-refractivity contribution < 1.29 is 5.11 Å². The summed E-state index contributed by atoms with van der Waals surface area (Å²) in [4.78, 5) is 0. The van der Waals surface area contributed by atoms with E-state index >= 15 is 0 Å². The number of aliphatic hydroxyl groups is 1. The zero-order chi connectivity index (χ0) is 11.8. The van der Waals surface area contributed by atoms with Crippen LogP contribution in [0, 0.1) is 0 Å². The van der Waals surface area contributed by atoms with E-state index in [4.69, 9.17) is 0 Å². The fourth-order valence-electron chi connectivity index (χ4n) is 1.97. The molecule has 0 aliphatic carbocycles. The van der Waals surface area contributed by atoms with Gasteiger partial charge in [0.05, 0.1) is 6.20 Å². The van der Waals surface area contributed by atoms with Crippen LogP contribution in [-0.2, 0) is 7.05 Å². The van der Waals surface area contributed by atoms with Crippen molar-refractivity contribution in [2.45, 2.75) is 6.10 Å². The molecule has 4 heteroatoms. The van der Waals surface area contributed by atoms with Gasteiger partial charge in [0, 0.05) is 29.1 Å². The summed E-state index contributed by atoms with van der Waals surface area (Å²) in [5, 5.41) is 17.6. The standard InChI is InChI=1S/C13H12N2OS/c1-15-7-9(6-14-15)13(16)11-8-17-12-5-3-2-4-10(11)12/h2-8,13,16H,1H3. The largest absolute Gasteiger partial charge is 0.383 e. The van der Waals surface area contributed by atoms with E-state index in [-0.39, 0.29) is 0 Å². The second-order valence-electron chi connectivity index (χ2n) is 4.04. The molecular formula is C13H12N2OS. The number of thiophene rings is 1. The predicted octanol–water partition coefficient (Wildman–Crippen LogP) is 2.72. The molecule has 1 aromatic carbocycles. The monoisotopic (exact) mass is 244 g/mol. The number of aryl methyl sites for hydroxylation is 1.